The molecule has 0 spiro atoms. The first kappa shape index (κ1) is 24.0. The summed E-state index contributed by atoms with van der Waals surface area (Å²) >= 11 is 0. The molecule has 0 bridgehead atoms. The quantitative estimate of drug-likeness (QED) is 0.525. The van der Waals surface area contributed by atoms with Gasteiger partial charge in [-0.1, -0.05) is 0 Å². The number of esters is 1. The second kappa shape index (κ2) is 10.9. The van der Waals surface area contributed by atoms with Crippen molar-refractivity contribution < 1.29 is 23.7 Å². The Balaban J connectivity index is 1.56. The molecule has 0 aliphatic carbocycles. The first-order valence-electron chi connectivity index (χ1n) is 12.6. The molecule has 3 heterocycles. The maximum atomic E-state index is 14.0. The SMILES string of the molecule is CCOC(=O)C1CCC[N+](C(=O)c2ccc([C]=O)cc2)(N2CCC(C3CCNCC3)CC2)C1. The molecule has 3 fully saturated rings. The topological polar surface area (TPSA) is 75.7 Å². The van der Waals surface area contributed by atoms with Gasteiger partial charge in [0.25, 0.3) is 0 Å². The lowest BCUT2D eigenvalue weighted by Gasteiger charge is -2.50. The molecule has 4 rings (SSSR count). The van der Waals surface area contributed by atoms with E-state index in [9.17, 15) is 14.4 Å². The van der Waals surface area contributed by atoms with Gasteiger partial charge in [-0.15, -0.1) is 5.01 Å². The zero-order valence-corrected chi connectivity index (χ0v) is 19.8. The number of rotatable bonds is 6. The van der Waals surface area contributed by atoms with E-state index in [1.807, 2.05) is 13.2 Å². The molecule has 7 nitrogen and oxygen atoms in total. The van der Waals surface area contributed by atoms with Crippen molar-refractivity contribution in [3.8, 4) is 0 Å². The average molecular weight is 456 g/mol. The van der Waals surface area contributed by atoms with Crippen LogP contribution in [0.2, 0.25) is 0 Å². The number of carbonyl (C=O) groups excluding carboxylic acids is 3. The predicted molar refractivity (Wildman–Crippen MR) is 125 cm³/mol. The molecule has 1 N–H and O–H groups in total. The second-order valence-electron chi connectivity index (χ2n) is 9.78. The lowest BCUT2D eigenvalue weighted by molar-refractivity contribution is -0.972. The lowest BCUT2D eigenvalue weighted by atomic mass is 9.79. The zero-order chi connectivity index (χ0) is 23.3. The van der Waals surface area contributed by atoms with Crippen LogP contribution in [0.15, 0.2) is 24.3 Å². The Morgan fingerprint density at radius 1 is 1.06 bits per heavy atom. The van der Waals surface area contributed by atoms with E-state index in [0.29, 0.717) is 36.7 Å². The number of carbonyl (C=O) groups is 2. The van der Waals surface area contributed by atoms with Gasteiger partial charge in [0.1, 0.15) is 19.0 Å². The molecule has 2 atom stereocenters. The van der Waals surface area contributed by atoms with E-state index in [2.05, 4.69) is 10.3 Å². The summed E-state index contributed by atoms with van der Waals surface area (Å²) in [6.07, 6.45) is 8.13. The highest BCUT2D eigenvalue weighted by molar-refractivity contribution is 5.90. The standard InChI is InChI=1S/C26H37N3O4/c1-2-33-26(32)24-4-3-17-29(18-24,25(31)23-7-5-20(19-30)6-8-23)28-15-11-22(12-16-28)21-9-13-27-14-10-21/h5-8,21-22,24,27H,2-4,9-18H2,1H3/q+1. The van der Waals surface area contributed by atoms with Crippen molar-refractivity contribution in [3.63, 3.8) is 0 Å². The highest BCUT2D eigenvalue weighted by Crippen LogP contribution is 2.36. The summed E-state index contributed by atoms with van der Waals surface area (Å²) in [5.74, 6) is 1.04. The summed E-state index contributed by atoms with van der Waals surface area (Å²) < 4.78 is 5.53. The van der Waals surface area contributed by atoms with Crippen LogP contribution in [-0.4, -0.2) is 73.6 Å². The summed E-state index contributed by atoms with van der Waals surface area (Å²) in [4.78, 5) is 37.6. The summed E-state index contributed by atoms with van der Waals surface area (Å²) in [5, 5.41) is 5.79. The predicted octanol–water partition coefficient (Wildman–Crippen LogP) is 2.70. The maximum Gasteiger partial charge on any atom is 0.365 e. The van der Waals surface area contributed by atoms with E-state index in [1.54, 1.807) is 24.3 Å². The Hall–Kier alpha value is -2.09. The first-order valence-corrected chi connectivity index (χ1v) is 12.6. The first-order chi connectivity index (χ1) is 16.1. The fourth-order valence-electron chi connectivity index (χ4n) is 6.15. The monoisotopic (exact) mass is 455 g/mol. The van der Waals surface area contributed by atoms with Gasteiger partial charge in [0, 0.05) is 18.7 Å². The maximum absolute atomic E-state index is 14.0. The van der Waals surface area contributed by atoms with Gasteiger partial charge in [-0.25, -0.2) is 4.79 Å². The Labute approximate surface area is 197 Å². The zero-order valence-electron chi connectivity index (χ0n) is 19.8. The smallest absolute Gasteiger partial charge is 0.365 e. The minimum Gasteiger partial charge on any atom is -0.466 e. The van der Waals surface area contributed by atoms with Gasteiger partial charge in [0.05, 0.1) is 12.2 Å². The number of amides is 1. The highest BCUT2D eigenvalue weighted by Gasteiger charge is 2.50. The van der Waals surface area contributed by atoms with E-state index < -0.39 is 0 Å². The number of likely N-dealkylation sites (tertiary alicyclic amines) is 1. The van der Waals surface area contributed by atoms with Crippen molar-refractivity contribution in [1.82, 2.24) is 10.3 Å². The van der Waals surface area contributed by atoms with Crippen LogP contribution in [0.4, 0.5) is 0 Å². The number of hydrogen-bond donors (Lipinski definition) is 1. The Morgan fingerprint density at radius 3 is 2.36 bits per heavy atom. The van der Waals surface area contributed by atoms with Crippen molar-refractivity contribution in [1.29, 1.82) is 0 Å². The van der Waals surface area contributed by atoms with Crippen molar-refractivity contribution in [3.05, 3.63) is 35.4 Å². The largest absolute Gasteiger partial charge is 0.466 e. The molecular weight excluding hydrogens is 418 g/mol. The van der Waals surface area contributed by atoms with Gasteiger partial charge in [0.15, 0.2) is 0 Å². The van der Waals surface area contributed by atoms with Crippen LogP contribution >= 0.6 is 0 Å². The van der Waals surface area contributed by atoms with Gasteiger partial charge >= 0.3 is 11.9 Å². The molecule has 179 valence electrons. The van der Waals surface area contributed by atoms with E-state index in [0.717, 1.165) is 57.8 Å². The molecule has 1 radical (unpaired) electrons. The molecule has 0 aromatic heterocycles. The van der Waals surface area contributed by atoms with E-state index >= 15 is 0 Å². The van der Waals surface area contributed by atoms with Crippen LogP contribution in [0.25, 0.3) is 0 Å². The minimum atomic E-state index is -0.271. The Bertz CT molecular complexity index is 828. The summed E-state index contributed by atoms with van der Waals surface area (Å²) in [6, 6.07) is 6.73. The third-order valence-corrected chi connectivity index (χ3v) is 7.96. The molecule has 1 aromatic carbocycles. The molecule has 3 saturated heterocycles. The van der Waals surface area contributed by atoms with Crippen LogP contribution < -0.4 is 5.32 Å². The van der Waals surface area contributed by atoms with E-state index in [1.165, 1.54) is 12.8 Å². The molecular formula is C26H37N3O4+. The number of quaternary nitrogens is 1. The number of benzene rings is 1. The lowest BCUT2D eigenvalue weighted by Crippen LogP contribution is -2.69. The number of piperidine rings is 3. The highest BCUT2D eigenvalue weighted by atomic mass is 16.5. The van der Waals surface area contributed by atoms with Gasteiger partial charge in [-0.3, -0.25) is 9.59 Å². The van der Waals surface area contributed by atoms with Crippen LogP contribution in [0, 0.1) is 17.8 Å². The van der Waals surface area contributed by atoms with Crippen LogP contribution in [0.5, 0.6) is 0 Å². The van der Waals surface area contributed by atoms with E-state index in [-0.39, 0.29) is 22.4 Å². The molecule has 2 unspecified atom stereocenters. The van der Waals surface area contributed by atoms with Crippen LogP contribution in [0.1, 0.15) is 61.4 Å². The third kappa shape index (κ3) is 5.20. The van der Waals surface area contributed by atoms with Gasteiger partial charge in [-0.2, -0.15) is 4.59 Å². The Kier molecular flexibility index (Phi) is 7.94. The van der Waals surface area contributed by atoms with Crippen molar-refractivity contribution in [2.24, 2.45) is 17.8 Å². The van der Waals surface area contributed by atoms with Gasteiger partial charge in [0.2, 0.25) is 6.29 Å². The summed E-state index contributed by atoms with van der Waals surface area (Å²) in [6.45, 7) is 7.30. The summed E-state index contributed by atoms with van der Waals surface area (Å²) in [7, 11) is 0. The Morgan fingerprint density at radius 2 is 1.73 bits per heavy atom. The fourth-order valence-corrected chi connectivity index (χ4v) is 6.15. The van der Waals surface area contributed by atoms with Gasteiger partial charge < -0.3 is 10.1 Å². The van der Waals surface area contributed by atoms with Crippen molar-refractivity contribution in [2.75, 3.05) is 45.9 Å². The van der Waals surface area contributed by atoms with Crippen molar-refractivity contribution in [2.45, 2.75) is 45.4 Å². The second-order valence-corrected chi connectivity index (χ2v) is 9.78. The molecule has 3 aliphatic rings. The molecule has 33 heavy (non-hydrogen) atoms. The molecule has 0 saturated carbocycles. The van der Waals surface area contributed by atoms with Crippen LogP contribution in [-0.2, 0) is 14.3 Å². The average Bonchev–Trinajstić information content (AvgIpc) is 2.89. The normalized spacial score (nSPS) is 27.7. The fraction of sp³-hybridized carbons (Fsp3) is 0.654. The minimum absolute atomic E-state index is 0.0155. The molecule has 7 heteroatoms. The molecule has 1 amide bonds. The summed E-state index contributed by atoms with van der Waals surface area (Å²) in [5.41, 5.74) is 1.02. The molecule has 1 aromatic rings. The number of nitrogens with one attached hydrogen (secondary N) is 1. The van der Waals surface area contributed by atoms with Gasteiger partial charge in [-0.05, 0) is 94.6 Å². The number of hydrogen-bond acceptors (Lipinski definition) is 6. The number of nitrogens with zero attached hydrogens (tertiary/aromatic N) is 2. The third-order valence-electron chi connectivity index (χ3n) is 7.96. The van der Waals surface area contributed by atoms with E-state index in [4.69, 9.17) is 4.74 Å². The molecule has 3 aliphatic heterocycles. The number of ether oxygens (including phenoxy) is 1. The van der Waals surface area contributed by atoms with Crippen molar-refractivity contribution >= 4 is 18.2 Å². The van der Waals surface area contributed by atoms with Crippen LogP contribution in [0.3, 0.4) is 0 Å².